The second-order valence-corrected chi connectivity index (χ2v) is 7.02. The van der Waals surface area contributed by atoms with Crippen molar-refractivity contribution in [1.29, 1.82) is 0 Å². The molecule has 1 saturated heterocycles. The third-order valence-corrected chi connectivity index (χ3v) is 5.34. The summed E-state index contributed by atoms with van der Waals surface area (Å²) in [5, 5.41) is 11.5. The van der Waals surface area contributed by atoms with E-state index in [1.807, 2.05) is 0 Å². The first-order valence-corrected chi connectivity index (χ1v) is 8.13. The van der Waals surface area contributed by atoms with E-state index in [4.69, 9.17) is 5.73 Å². The molecule has 3 N–H and O–H groups in total. The fraction of sp³-hybridized carbons (Fsp3) is 0.692. The fourth-order valence-electron chi connectivity index (χ4n) is 2.75. The van der Waals surface area contributed by atoms with E-state index in [1.54, 1.807) is 11.3 Å². The van der Waals surface area contributed by atoms with Crippen molar-refractivity contribution in [2.75, 3.05) is 19.7 Å². The molecule has 0 radical (unpaired) electrons. The van der Waals surface area contributed by atoms with Gasteiger partial charge >= 0.3 is 0 Å². The average Bonchev–Trinajstić information content (AvgIpc) is 2.75. The van der Waals surface area contributed by atoms with Gasteiger partial charge in [-0.2, -0.15) is 0 Å². The van der Waals surface area contributed by atoms with Gasteiger partial charge in [0.05, 0.1) is 6.04 Å². The van der Waals surface area contributed by atoms with E-state index >= 15 is 0 Å². The molecule has 0 spiro atoms. The Bertz CT molecular complexity index is 383. The third kappa shape index (κ3) is 3.33. The van der Waals surface area contributed by atoms with E-state index in [0.29, 0.717) is 5.92 Å². The lowest BCUT2D eigenvalue weighted by Gasteiger charge is -2.39. The first kappa shape index (κ1) is 14.5. The van der Waals surface area contributed by atoms with Gasteiger partial charge in [-0.1, -0.05) is 0 Å². The molecule has 0 aromatic carbocycles. The van der Waals surface area contributed by atoms with E-state index in [0.717, 1.165) is 30.4 Å². The number of aliphatic hydroxyl groups is 1. The Kier molecular flexibility index (Phi) is 5.21. The zero-order valence-electron chi connectivity index (χ0n) is 10.7. The highest BCUT2D eigenvalue weighted by Crippen LogP contribution is 2.33. The maximum atomic E-state index is 9.34. The fourth-order valence-corrected chi connectivity index (χ4v) is 4.45. The number of hydrogen-bond donors (Lipinski definition) is 2. The molecule has 0 aliphatic carbocycles. The average molecular weight is 333 g/mol. The number of piperidine rings is 1. The molecule has 0 saturated carbocycles. The summed E-state index contributed by atoms with van der Waals surface area (Å²) in [6.45, 7) is 4.40. The predicted octanol–water partition coefficient (Wildman–Crippen LogP) is 2.60. The van der Waals surface area contributed by atoms with Crippen LogP contribution >= 0.6 is 27.3 Å². The van der Waals surface area contributed by atoms with Gasteiger partial charge in [-0.25, -0.2) is 0 Å². The lowest BCUT2D eigenvalue weighted by atomic mass is 9.95. The standard InChI is InChI=1S/C13H21BrN2OS/c1-9(15)13(12-5-11(14)8-18-12)16-4-2-3-10(6-16)7-17/h5,8-10,13,17H,2-4,6-7,15H2,1H3. The van der Waals surface area contributed by atoms with Crippen LogP contribution in [0.5, 0.6) is 0 Å². The first-order chi connectivity index (χ1) is 8.61. The smallest absolute Gasteiger partial charge is 0.0591 e. The van der Waals surface area contributed by atoms with Gasteiger partial charge < -0.3 is 10.8 Å². The van der Waals surface area contributed by atoms with Crippen LogP contribution in [0.2, 0.25) is 0 Å². The summed E-state index contributed by atoms with van der Waals surface area (Å²) < 4.78 is 1.13. The zero-order chi connectivity index (χ0) is 13.1. The van der Waals surface area contributed by atoms with Gasteiger partial charge in [-0.15, -0.1) is 11.3 Å². The first-order valence-electron chi connectivity index (χ1n) is 6.46. The summed E-state index contributed by atoms with van der Waals surface area (Å²) in [6, 6.07) is 2.55. The number of nitrogens with two attached hydrogens (primary N) is 1. The Labute approximate surface area is 121 Å². The summed E-state index contributed by atoms with van der Waals surface area (Å²) in [6.07, 6.45) is 2.29. The minimum Gasteiger partial charge on any atom is -0.396 e. The molecule has 3 atom stereocenters. The molecule has 5 heteroatoms. The normalized spacial score (nSPS) is 25.0. The van der Waals surface area contributed by atoms with E-state index in [-0.39, 0.29) is 18.7 Å². The molecule has 18 heavy (non-hydrogen) atoms. The molecule has 1 aromatic rings. The summed E-state index contributed by atoms with van der Waals surface area (Å²) in [7, 11) is 0. The second kappa shape index (κ2) is 6.48. The summed E-state index contributed by atoms with van der Waals surface area (Å²) in [5.41, 5.74) is 6.18. The van der Waals surface area contributed by atoms with Crippen molar-refractivity contribution in [3.63, 3.8) is 0 Å². The van der Waals surface area contributed by atoms with Crippen molar-refractivity contribution in [1.82, 2.24) is 4.90 Å². The Morgan fingerprint density at radius 1 is 1.67 bits per heavy atom. The lowest BCUT2D eigenvalue weighted by Crippen LogP contribution is -2.45. The van der Waals surface area contributed by atoms with Gasteiger partial charge in [0.1, 0.15) is 0 Å². The van der Waals surface area contributed by atoms with E-state index < -0.39 is 0 Å². The van der Waals surface area contributed by atoms with Gasteiger partial charge in [-0.05, 0) is 54.2 Å². The third-order valence-electron chi connectivity index (χ3n) is 3.58. The molecule has 1 fully saturated rings. The Morgan fingerprint density at radius 2 is 2.44 bits per heavy atom. The number of thiophene rings is 1. The van der Waals surface area contributed by atoms with Crippen LogP contribution in [0.3, 0.4) is 0 Å². The van der Waals surface area contributed by atoms with Crippen LogP contribution in [0.25, 0.3) is 0 Å². The maximum absolute atomic E-state index is 9.34. The minimum atomic E-state index is 0.105. The molecule has 1 aliphatic heterocycles. The summed E-state index contributed by atoms with van der Waals surface area (Å²) in [4.78, 5) is 3.75. The van der Waals surface area contributed by atoms with Crippen LogP contribution in [0.1, 0.15) is 30.7 Å². The molecule has 2 rings (SSSR count). The van der Waals surface area contributed by atoms with Crippen LogP contribution < -0.4 is 5.73 Å². The van der Waals surface area contributed by atoms with Crippen LogP contribution in [0.15, 0.2) is 15.9 Å². The monoisotopic (exact) mass is 332 g/mol. The lowest BCUT2D eigenvalue weighted by molar-refractivity contribution is 0.0806. The number of nitrogens with zero attached hydrogens (tertiary/aromatic N) is 1. The number of hydrogen-bond acceptors (Lipinski definition) is 4. The molecular formula is C13H21BrN2OS. The Hall–Kier alpha value is 0.0600. The SMILES string of the molecule is CC(N)C(c1cc(Br)cs1)N1CCCC(CO)C1. The molecule has 3 unspecified atom stereocenters. The van der Waals surface area contributed by atoms with Crippen molar-refractivity contribution in [3.8, 4) is 0 Å². The Morgan fingerprint density at radius 3 is 3.00 bits per heavy atom. The minimum absolute atomic E-state index is 0.105. The number of halogens is 1. The van der Waals surface area contributed by atoms with Gasteiger partial charge in [0.2, 0.25) is 0 Å². The maximum Gasteiger partial charge on any atom is 0.0591 e. The summed E-state index contributed by atoms with van der Waals surface area (Å²) >= 11 is 5.27. The molecule has 0 amide bonds. The van der Waals surface area contributed by atoms with Crippen molar-refractivity contribution >= 4 is 27.3 Å². The van der Waals surface area contributed by atoms with Crippen LogP contribution in [0.4, 0.5) is 0 Å². The molecule has 3 nitrogen and oxygen atoms in total. The quantitative estimate of drug-likeness (QED) is 0.890. The molecule has 0 bridgehead atoms. The van der Waals surface area contributed by atoms with Crippen LogP contribution in [-0.4, -0.2) is 35.7 Å². The largest absolute Gasteiger partial charge is 0.396 e. The molecule has 1 aromatic heterocycles. The van der Waals surface area contributed by atoms with Crippen LogP contribution in [-0.2, 0) is 0 Å². The van der Waals surface area contributed by atoms with Crippen molar-refractivity contribution < 1.29 is 5.11 Å². The number of likely N-dealkylation sites (tertiary alicyclic amines) is 1. The highest BCUT2D eigenvalue weighted by molar-refractivity contribution is 9.10. The molecule has 2 heterocycles. The van der Waals surface area contributed by atoms with Crippen molar-refractivity contribution in [2.45, 2.75) is 31.8 Å². The van der Waals surface area contributed by atoms with Crippen molar-refractivity contribution in [2.24, 2.45) is 11.7 Å². The molecular weight excluding hydrogens is 312 g/mol. The van der Waals surface area contributed by atoms with Crippen LogP contribution in [0, 0.1) is 5.92 Å². The van der Waals surface area contributed by atoms with Gasteiger partial charge in [-0.3, -0.25) is 4.90 Å². The van der Waals surface area contributed by atoms with Crippen molar-refractivity contribution in [3.05, 3.63) is 20.8 Å². The number of rotatable bonds is 4. The highest BCUT2D eigenvalue weighted by Gasteiger charge is 2.29. The van der Waals surface area contributed by atoms with E-state index in [2.05, 4.69) is 39.2 Å². The van der Waals surface area contributed by atoms with Gasteiger partial charge in [0.15, 0.2) is 0 Å². The summed E-state index contributed by atoms with van der Waals surface area (Å²) in [5.74, 6) is 0.406. The predicted molar refractivity (Wildman–Crippen MR) is 79.8 cm³/mol. The molecule has 1 aliphatic rings. The Balaban J connectivity index is 2.14. The number of aliphatic hydroxyl groups excluding tert-OH is 1. The topological polar surface area (TPSA) is 49.5 Å². The van der Waals surface area contributed by atoms with E-state index in [9.17, 15) is 5.11 Å². The molecule has 102 valence electrons. The highest BCUT2D eigenvalue weighted by atomic mass is 79.9. The van der Waals surface area contributed by atoms with E-state index in [1.165, 1.54) is 4.88 Å². The second-order valence-electron chi connectivity index (χ2n) is 5.16. The van der Waals surface area contributed by atoms with Gasteiger partial charge in [0, 0.05) is 33.9 Å². The van der Waals surface area contributed by atoms with Gasteiger partial charge in [0.25, 0.3) is 0 Å². The zero-order valence-corrected chi connectivity index (χ0v) is 13.1.